The molecule has 2 aromatic heterocycles. The van der Waals surface area contributed by atoms with Crippen LogP contribution in [0.3, 0.4) is 0 Å². The minimum atomic E-state index is -0.255. The van der Waals surface area contributed by atoms with E-state index >= 15 is 0 Å². The summed E-state index contributed by atoms with van der Waals surface area (Å²) in [5, 5.41) is 7.43. The van der Waals surface area contributed by atoms with Crippen molar-refractivity contribution >= 4 is 50.3 Å². The van der Waals surface area contributed by atoms with Crippen LogP contribution in [-0.2, 0) is 16.1 Å². The number of fused-ring (bicyclic) bond motifs is 1. The van der Waals surface area contributed by atoms with Crippen LogP contribution in [0.5, 0.6) is 0 Å². The number of carbonyl (C=O) groups is 1. The van der Waals surface area contributed by atoms with E-state index in [-0.39, 0.29) is 17.2 Å². The van der Waals surface area contributed by atoms with E-state index in [2.05, 4.69) is 31.4 Å². The third kappa shape index (κ3) is 5.68. The van der Waals surface area contributed by atoms with E-state index in [1.54, 1.807) is 29.7 Å². The number of aryl methyl sites for hydroxylation is 1. The summed E-state index contributed by atoms with van der Waals surface area (Å²) in [4.78, 5) is 29.9. The monoisotopic (exact) mass is 480 g/mol. The summed E-state index contributed by atoms with van der Waals surface area (Å²) in [6.07, 6.45) is 0.674. The minimum absolute atomic E-state index is 0.0891. The molecule has 0 atom stereocenters. The molecule has 0 radical (unpaired) electrons. The van der Waals surface area contributed by atoms with Crippen molar-refractivity contribution in [1.82, 2.24) is 14.7 Å². The molecule has 0 spiro atoms. The summed E-state index contributed by atoms with van der Waals surface area (Å²) < 4.78 is 12.7. The number of halogens is 1. The van der Waals surface area contributed by atoms with Crippen molar-refractivity contribution in [2.24, 2.45) is 0 Å². The minimum Gasteiger partial charge on any atom is -0.382 e. The molecule has 2 heterocycles. The van der Waals surface area contributed by atoms with Gasteiger partial charge in [0.25, 0.3) is 5.56 Å². The fourth-order valence-corrected chi connectivity index (χ4v) is 3.87. The Morgan fingerprint density at radius 3 is 2.93 bits per heavy atom. The number of ether oxygens (including phenoxy) is 1. The Morgan fingerprint density at radius 2 is 2.21 bits per heavy atom. The first kappa shape index (κ1) is 21.5. The van der Waals surface area contributed by atoms with Gasteiger partial charge in [0.1, 0.15) is 5.76 Å². The molecule has 0 saturated heterocycles. The average Bonchev–Trinajstić information content (AvgIpc) is 3.10. The molecule has 154 valence electrons. The molecule has 0 fully saturated rings. The van der Waals surface area contributed by atoms with Crippen molar-refractivity contribution < 1.29 is 14.1 Å². The van der Waals surface area contributed by atoms with Crippen LogP contribution < -0.4 is 10.9 Å². The lowest BCUT2D eigenvalue weighted by Crippen LogP contribution is -2.25. The van der Waals surface area contributed by atoms with Crippen LogP contribution in [0, 0.1) is 6.92 Å². The second-order valence-corrected chi connectivity index (χ2v) is 8.08. The number of nitrogens with one attached hydrogen (secondary N) is 1. The number of rotatable bonds is 9. The molecule has 1 N–H and O–H groups in total. The molecule has 3 rings (SSSR count). The summed E-state index contributed by atoms with van der Waals surface area (Å²) in [7, 11) is 0. The number of carbonyl (C=O) groups excluding carboxylic acids is 1. The zero-order valence-electron chi connectivity index (χ0n) is 16.1. The van der Waals surface area contributed by atoms with Gasteiger partial charge in [-0.05, 0) is 38.5 Å². The largest absolute Gasteiger partial charge is 0.382 e. The number of amides is 1. The summed E-state index contributed by atoms with van der Waals surface area (Å²) in [6.45, 7) is 5.31. The average molecular weight is 481 g/mol. The number of nitrogens with zero attached hydrogens (tertiary/aromatic N) is 3. The highest BCUT2D eigenvalue weighted by Crippen LogP contribution is 2.21. The number of anilines is 1. The van der Waals surface area contributed by atoms with Crippen molar-refractivity contribution in [1.29, 1.82) is 0 Å². The molecule has 1 amide bonds. The van der Waals surface area contributed by atoms with Gasteiger partial charge in [-0.25, -0.2) is 4.98 Å². The molecule has 29 heavy (non-hydrogen) atoms. The molecule has 3 aromatic rings. The molecule has 1 aromatic carbocycles. The van der Waals surface area contributed by atoms with Gasteiger partial charge >= 0.3 is 0 Å². The highest BCUT2D eigenvalue weighted by atomic mass is 79.9. The van der Waals surface area contributed by atoms with Crippen molar-refractivity contribution in [3.8, 4) is 0 Å². The predicted molar refractivity (Wildman–Crippen MR) is 115 cm³/mol. The topological polar surface area (TPSA) is 99.2 Å². The van der Waals surface area contributed by atoms with E-state index in [1.807, 2.05) is 13.0 Å². The Bertz CT molecular complexity index is 1070. The van der Waals surface area contributed by atoms with Crippen molar-refractivity contribution in [2.75, 3.05) is 24.3 Å². The third-order valence-corrected chi connectivity index (χ3v) is 5.45. The van der Waals surface area contributed by atoms with Gasteiger partial charge in [0.2, 0.25) is 5.91 Å². The molecule has 10 heteroatoms. The second-order valence-electron chi connectivity index (χ2n) is 6.22. The first-order valence-electron chi connectivity index (χ1n) is 9.11. The van der Waals surface area contributed by atoms with Crippen molar-refractivity contribution in [3.63, 3.8) is 0 Å². The predicted octanol–water partition coefficient (Wildman–Crippen LogP) is 3.61. The Labute approximate surface area is 180 Å². The summed E-state index contributed by atoms with van der Waals surface area (Å²) in [6, 6.07) is 7.02. The van der Waals surface area contributed by atoms with Crippen molar-refractivity contribution in [3.05, 3.63) is 44.9 Å². The molecule has 0 aliphatic carbocycles. The maximum absolute atomic E-state index is 13.0. The van der Waals surface area contributed by atoms with Gasteiger partial charge < -0.3 is 14.6 Å². The van der Waals surface area contributed by atoms with Gasteiger partial charge in [-0.1, -0.05) is 32.8 Å². The van der Waals surface area contributed by atoms with Crippen LogP contribution in [0.15, 0.2) is 43.2 Å². The first-order chi connectivity index (χ1) is 14.0. The van der Waals surface area contributed by atoms with Crippen molar-refractivity contribution in [2.45, 2.75) is 32.0 Å². The number of benzene rings is 1. The van der Waals surface area contributed by atoms with E-state index in [4.69, 9.17) is 9.26 Å². The van der Waals surface area contributed by atoms with Gasteiger partial charge in [-0.3, -0.25) is 14.2 Å². The van der Waals surface area contributed by atoms with Crippen LogP contribution in [0.25, 0.3) is 10.9 Å². The van der Waals surface area contributed by atoms with Crippen LogP contribution in [-0.4, -0.2) is 39.6 Å². The molecule has 8 nitrogen and oxygen atoms in total. The van der Waals surface area contributed by atoms with Crippen LogP contribution >= 0.6 is 27.7 Å². The molecule has 0 unspecified atom stereocenters. The summed E-state index contributed by atoms with van der Waals surface area (Å²) >= 11 is 4.61. The Kier molecular flexibility index (Phi) is 7.45. The molecular weight excluding hydrogens is 460 g/mol. The summed E-state index contributed by atoms with van der Waals surface area (Å²) in [5.74, 6) is 0.803. The quantitative estimate of drug-likeness (QED) is 0.283. The van der Waals surface area contributed by atoms with Crippen LogP contribution in [0.2, 0.25) is 0 Å². The maximum Gasteiger partial charge on any atom is 0.262 e. The van der Waals surface area contributed by atoms with Gasteiger partial charge in [0, 0.05) is 30.3 Å². The Balaban J connectivity index is 1.81. The lowest BCUT2D eigenvalue weighted by Gasteiger charge is -2.13. The van der Waals surface area contributed by atoms with E-state index in [0.717, 1.165) is 4.47 Å². The second kappa shape index (κ2) is 10.0. The van der Waals surface area contributed by atoms with E-state index in [0.29, 0.717) is 53.8 Å². The number of hydrogen-bond donors (Lipinski definition) is 1. The van der Waals surface area contributed by atoms with Crippen LogP contribution in [0.1, 0.15) is 19.1 Å². The highest BCUT2D eigenvalue weighted by molar-refractivity contribution is 9.10. The smallest absolute Gasteiger partial charge is 0.262 e. The zero-order chi connectivity index (χ0) is 20.8. The SMILES string of the molecule is CCOCCCn1c(SCC(=O)Nc2cc(C)on2)nc2ccc(Br)cc2c1=O. The highest BCUT2D eigenvalue weighted by Gasteiger charge is 2.14. The zero-order valence-corrected chi connectivity index (χ0v) is 18.5. The fraction of sp³-hybridized carbons (Fsp3) is 0.368. The molecule has 0 saturated carbocycles. The van der Waals surface area contributed by atoms with E-state index < -0.39 is 0 Å². The third-order valence-electron chi connectivity index (χ3n) is 3.98. The number of hydrogen-bond acceptors (Lipinski definition) is 7. The van der Waals surface area contributed by atoms with Gasteiger partial charge in [0.05, 0.1) is 16.7 Å². The van der Waals surface area contributed by atoms with E-state index in [9.17, 15) is 9.59 Å². The molecular formula is C19H21BrN4O4S. The lowest BCUT2D eigenvalue weighted by atomic mass is 10.2. The van der Waals surface area contributed by atoms with Crippen LogP contribution in [0.4, 0.5) is 5.82 Å². The number of aromatic nitrogens is 3. The molecule has 0 aliphatic heterocycles. The van der Waals surface area contributed by atoms with Gasteiger partial charge in [-0.2, -0.15) is 0 Å². The molecule has 0 aliphatic rings. The first-order valence-corrected chi connectivity index (χ1v) is 10.9. The Hall–Kier alpha value is -2.17. The summed E-state index contributed by atoms with van der Waals surface area (Å²) in [5.41, 5.74) is 0.456. The standard InChI is InChI=1S/C19H21BrN4O4S/c1-3-27-8-4-7-24-18(26)14-10-13(20)5-6-15(14)21-19(24)29-11-17(25)22-16-9-12(2)28-23-16/h5-6,9-10H,3-4,7-8,11H2,1-2H3,(H,22,23,25). The molecule has 0 bridgehead atoms. The fourth-order valence-electron chi connectivity index (χ4n) is 2.68. The number of thioether (sulfide) groups is 1. The maximum atomic E-state index is 13.0. The Morgan fingerprint density at radius 1 is 1.38 bits per heavy atom. The lowest BCUT2D eigenvalue weighted by molar-refractivity contribution is -0.113. The van der Waals surface area contributed by atoms with Gasteiger partial charge in [0.15, 0.2) is 11.0 Å². The van der Waals surface area contributed by atoms with Gasteiger partial charge in [-0.15, -0.1) is 0 Å². The van der Waals surface area contributed by atoms with E-state index in [1.165, 1.54) is 11.8 Å². The normalized spacial score (nSPS) is 11.1.